The summed E-state index contributed by atoms with van der Waals surface area (Å²) < 4.78 is 24.7. The van der Waals surface area contributed by atoms with Gasteiger partial charge in [-0.05, 0) is 71.0 Å². The van der Waals surface area contributed by atoms with Crippen LogP contribution in [-0.4, -0.2) is 71.3 Å². The molecule has 0 saturated carbocycles. The molecule has 2 aliphatic rings. The summed E-state index contributed by atoms with van der Waals surface area (Å²) in [6.45, 7) is 8.40. The van der Waals surface area contributed by atoms with Gasteiger partial charge >= 0.3 is 17.9 Å². The van der Waals surface area contributed by atoms with E-state index in [0.29, 0.717) is 11.8 Å². The lowest BCUT2D eigenvalue weighted by molar-refractivity contribution is -0.133. The zero-order valence-electron chi connectivity index (χ0n) is 27.8. The first-order chi connectivity index (χ1) is 23.2. The van der Waals surface area contributed by atoms with Crippen molar-refractivity contribution in [1.82, 2.24) is 10.3 Å². The quantitative estimate of drug-likeness (QED) is 0.0943. The number of allylic oxidation sites excluding steroid dienone is 1. The summed E-state index contributed by atoms with van der Waals surface area (Å²) in [6, 6.07) is 20.2. The molecule has 5 N–H and O–H groups in total. The second-order valence-electron chi connectivity index (χ2n) is 12.5. The number of aldehydes is 1. The molecule has 3 aromatic rings. The monoisotopic (exact) mass is 669 g/mol. The third kappa shape index (κ3) is 7.11. The number of ether oxygens (including phenoxy) is 4. The fourth-order valence-corrected chi connectivity index (χ4v) is 5.93. The number of hydrogen-bond acceptors (Lipinski definition) is 11. The molecule has 1 saturated heterocycles. The summed E-state index contributed by atoms with van der Waals surface area (Å²) in [5.74, 6) is -2.50. The van der Waals surface area contributed by atoms with Gasteiger partial charge in [0.15, 0.2) is 23.7 Å². The SMILES string of the molecule is Cc1ccc(C(=O)OC[C@H]2O[C@@H]([C@]3(C)NC=C(C=O)N3N=C(N)N)[C@](C)(OC(=O)c3ccc(C)cc3)[C@@H]2OC(=O)c2ccc(C)cc2)cc1. The van der Waals surface area contributed by atoms with E-state index < -0.39 is 54.1 Å². The Morgan fingerprint density at radius 2 is 1.33 bits per heavy atom. The number of nitrogens with two attached hydrogens (primary N) is 2. The molecule has 2 aliphatic heterocycles. The van der Waals surface area contributed by atoms with Gasteiger partial charge in [-0.25, -0.2) is 19.4 Å². The molecule has 0 radical (unpaired) electrons. The van der Waals surface area contributed by atoms with E-state index in [-0.39, 0.29) is 22.8 Å². The summed E-state index contributed by atoms with van der Waals surface area (Å²) in [6.07, 6.45) is -1.88. The van der Waals surface area contributed by atoms with Crippen molar-refractivity contribution in [3.8, 4) is 0 Å². The number of nitrogens with zero attached hydrogens (tertiary/aromatic N) is 2. The molecule has 0 unspecified atom stereocenters. The van der Waals surface area contributed by atoms with Gasteiger partial charge in [0.05, 0.1) is 16.7 Å². The van der Waals surface area contributed by atoms with Crippen LogP contribution in [0.15, 0.2) is 89.8 Å². The fraction of sp³-hybridized carbons (Fsp3) is 0.306. The molecular formula is C36H39N5O8. The largest absolute Gasteiger partial charge is 0.459 e. The van der Waals surface area contributed by atoms with Gasteiger partial charge in [0.2, 0.25) is 5.96 Å². The average molecular weight is 670 g/mol. The molecule has 256 valence electrons. The topological polar surface area (TPSA) is 185 Å². The standard InChI is InChI=1S/C36H39N5O8/c1-21-6-12-24(13-7-21)30(43)46-20-28-29(48-31(44)25-14-8-22(2)9-15-25)35(4,49-32(45)26-16-10-23(3)11-17-26)33(47-28)36(5)39-18-27(19-42)41(36)40-34(37)38/h6-19,28-29,33,39H,20H2,1-5H3,(H4,37,38,40)/t28-,29-,33-,35-,36-/m1/s1. The summed E-state index contributed by atoms with van der Waals surface area (Å²) in [7, 11) is 0. The number of hydrazone groups is 1. The Labute approximate surface area is 283 Å². The van der Waals surface area contributed by atoms with Crippen molar-refractivity contribution >= 4 is 30.2 Å². The number of carbonyl (C=O) groups is 4. The predicted molar refractivity (Wildman–Crippen MR) is 179 cm³/mol. The Morgan fingerprint density at radius 1 is 0.837 bits per heavy atom. The van der Waals surface area contributed by atoms with E-state index in [4.69, 9.17) is 30.4 Å². The molecule has 5 rings (SSSR count). The second-order valence-corrected chi connectivity index (χ2v) is 12.5. The van der Waals surface area contributed by atoms with E-state index in [1.165, 1.54) is 18.1 Å². The number of benzene rings is 3. The highest BCUT2D eigenvalue weighted by Crippen LogP contribution is 2.45. The van der Waals surface area contributed by atoms with Crippen LogP contribution in [0.4, 0.5) is 0 Å². The molecule has 1 fully saturated rings. The highest BCUT2D eigenvalue weighted by molar-refractivity contribution is 5.91. The summed E-state index contributed by atoms with van der Waals surface area (Å²) >= 11 is 0. The van der Waals surface area contributed by atoms with Crippen molar-refractivity contribution in [3.63, 3.8) is 0 Å². The van der Waals surface area contributed by atoms with Gasteiger partial charge in [0.1, 0.15) is 24.5 Å². The smallest absolute Gasteiger partial charge is 0.338 e. The Kier molecular flexibility index (Phi) is 9.76. The zero-order chi connectivity index (χ0) is 35.5. The van der Waals surface area contributed by atoms with Gasteiger partial charge in [0.25, 0.3) is 0 Å². The Hall–Kier alpha value is -5.69. The minimum absolute atomic E-state index is 0.0363. The molecule has 0 aliphatic carbocycles. The first-order valence-electron chi connectivity index (χ1n) is 15.5. The van der Waals surface area contributed by atoms with Crippen molar-refractivity contribution in [2.24, 2.45) is 16.6 Å². The van der Waals surface area contributed by atoms with Gasteiger partial charge in [-0.2, -0.15) is 0 Å². The van der Waals surface area contributed by atoms with Gasteiger partial charge in [0, 0.05) is 6.20 Å². The Balaban J connectivity index is 1.58. The van der Waals surface area contributed by atoms with Crippen LogP contribution in [0.2, 0.25) is 0 Å². The molecule has 3 aromatic carbocycles. The molecular weight excluding hydrogens is 630 g/mol. The van der Waals surface area contributed by atoms with Gasteiger partial charge in [-0.1, -0.05) is 53.1 Å². The first-order valence-corrected chi connectivity index (χ1v) is 15.5. The van der Waals surface area contributed by atoms with Crippen LogP contribution in [0.25, 0.3) is 0 Å². The van der Waals surface area contributed by atoms with E-state index in [1.54, 1.807) is 79.7 Å². The van der Waals surface area contributed by atoms with Gasteiger partial charge in [-0.3, -0.25) is 4.79 Å². The summed E-state index contributed by atoms with van der Waals surface area (Å²) in [5, 5.41) is 8.45. The van der Waals surface area contributed by atoms with E-state index in [2.05, 4.69) is 10.4 Å². The van der Waals surface area contributed by atoms with Crippen LogP contribution >= 0.6 is 0 Å². The maximum absolute atomic E-state index is 13.8. The lowest BCUT2D eigenvalue weighted by Crippen LogP contribution is -2.66. The average Bonchev–Trinajstić information content (AvgIpc) is 3.53. The van der Waals surface area contributed by atoms with E-state index >= 15 is 0 Å². The van der Waals surface area contributed by atoms with Crippen molar-refractivity contribution in [1.29, 1.82) is 0 Å². The van der Waals surface area contributed by atoms with Crippen molar-refractivity contribution in [2.75, 3.05) is 6.61 Å². The maximum atomic E-state index is 13.8. The third-order valence-corrected chi connectivity index (χ3v) is 8.56. The highest BCUT2D eigenvalue weighted by Gasteiger charge is 2.67. The zero-order valence-corrected chi connectivity index (χ0v) is 27.8. The number of carbonyl (C=O) groups excluding carboxylic acids is 4. The molecule has 13 nitrogen and oxygen atoms in total. The molecule has 0 bridgehead atoms. The number of nitrogens with one attached hydrogen (secondary N) is 1. The molecule has 0 spiro atoms. The van der Waals surface area contributed by atoms with Crippen LogP contribution < -0.4 is 16.8 Å². The molecule has 5 atom stereocenters. The maximum Gasteiger partial charge on any atom is 0.338 e. The van der Waals surface area contributed by atoms with Crippen molar-refractivity contribution < 1.29 is 38.1 Å². The van der Waals surface area contributed by atoms with Crippen molar-refractivity contribution in [3.05, 3.63) is 118 Å². The van der Waals surface area contributed by atoms with E-state index in [1.807, 2.05) is 20.8 Å². The molecule has 2 heterocycles. The molecule has 49 heavy (non-hydrogen) atoms. The number of hydrogen-bond donors (Lipinski definition) is 3. The molecule has 13 heteroatoms. The summed E-state index contributed by atoms with van der Waals surface area (Å²) in [4.78, 5) is 52.7. The molecule has 0 aromatic heterocycles. The minimum atomic E-state index is -1.81. The lowest BCUT2D eigenvalue weighted by Gasteiger charge is -2.44. The summed E-state index contributed by atoms with van der Waals surface area (Å²) in [5.41, 5.74) is 11.8. The second kappa shape index (κ2) is 13.8. The number of guanidine groups is 1. The molecule has 0 amide bonds. The predicted octanol–water partition coefficient (Wildman–Crippen LogP) is 3.23. The van der Waals surface area contributed by atoms with Crippen LogP contribution in [0.3, 0.4) is 0 Å². The number of esters is 3. The van der Waals surface area contributed by atoms with Gasteiger partial charge in [-0.15, -0.1) is 5.10 Å². The number of aryl methyl sites for hydroxylation is 3. The van der Waals surface area contributed by atoms with Crippen LogP contribution in [-0.2, 0) is 23.7 Å². The Morgan fingerprint density at radius 3 is 1.82 bits per heavy atom. The van der Waals surface area contributed by atoms with E-state index in [0.717, 1.165) is 16.7 Å². The van der Waals surface area contributed by atoms with Crippen LogP contribution in [0, 0.1) is 20.8 Å². The first kappa shape index (κ1) is 34.6. The third-order valence-electron chi connectivity index (χ3n) is 8.56. The van der Waals surface area contributed by atoms with Gasteiger partial charge < -0.3 is 35.7 Å². The normalized spacial score (nSPS) is 24.3. The fourth-order valence-electron chi connectivity index (χ4n) is 5.93. The Bertz CT molecular complexity index is 1790. The van der Waals surface area contributed by atoms with Crippen molar-refractivity contribution in [2.45, 2.75) is 64.2 Å². The number of rotatable bonds is 10. The van der Waals surface area contributed by atoms with Crippen LogP contribution in [0.1, 0.15) is 61.6 Å². The van der Waals surface area contributed by atoms with Crippen LogP contribution in [0.5, 0.6) is 0 Å². The lowest BCUT2D eigenvalue weighted by atomic mass is 9.85. The highest BCUT2D eigenvalue weighted by atomic mass is 16.7. The minimum Gasteiger partial charge on any atom is -0.459 e. The van der Waals surface area contributed by atoms with E-state index in [9.17, 15) is 19.2 Å².